The highest BCUT2D eigenvalue weighted by Crippen LogP contribution is 2.21. The Hall–Kier alpha value is -0.830. The van der Waals surface area contributed by atoms with Crippen molar-refractivity contribution < 1.29 is 4.74 Å². The first kappa shape index (κ1) is 11.2. The third kappa shape index (κ3) is 3.50. The van der Waals surface area contributed by atoms with Crippen molar-refractivity contribution in [3.8, 4) is 0 Å². The summed E-state index contributed by atoms with van der Waals surface area (Å²) in [5, 5.41) is 0. The van der Waals surface area contributed by atoms with Crippen molar-refractivity contribution in [3.63, 3.8) is 0 Å². The van der Waals surface area contributed by atoms with E-state index in [2.05, 4.69) is 27.5 Å². The minimum absolute atomic E-state index is 0.218. The molecule has 0 unspecified atom stereocenters. The van der Waals surface area contributed by atoms with Crippen molar-refractivity contribution in [2.45, 2.75) is 26.4 Å². The van der Waals surface area contributed by atoms with Crippen molar-refractivity contribution >= 4 is 21.7 Å². The van der Waals surface area contributed by atoms with Gasteiger partial charge in [-0.05, 0) is 48.8 Å². The molecule has 0 aliphatic rings. The molecule has 0 aliphatic carbocycles. The van der Waals surface area contributed by atoms with Crippen molar-refractivity contribution in [2.24, 2.45) is 0 Å². The van der Waals surface area contributed by atoms with E-state index in [-0.39, 0.29) is 5.60 Å². The van der Waals surface area contributed by atoms with Crippen molar-refractivity contribution in [2.75, 3.05) is 0 Å². The van der Waals surface area contributed by atoms with Crippen LogP contribution >= 0.6 is 15.9 Å². The first-order valence-electron chi connectivity index (χ1n) is 4.38. The van der Waals surface area contributed by atoms with E-state index in [0.29, 0.717) is 5.76 Å². The Labute approximate surface area is 93.1 Å². The van der Waals surface area contributed by atoms with Crippen LogP contribution in [-0.2, 0) is 4.74 Å². The van der Waals surface area contributed by atoms with Crippen LogP contribution in [0.4, 0.5) is 0 Å². The quantitative estimate of drug-likeness (QED) is 0.595. The smallest absolute Gasteiger partial charge is 0.121 e. The van der Waals surface area contributed by atoms with Crippen molar-refractivity contribution in [1.29, 1.82) is 0 Å². The normalized spacial score (nSPS) is 11.1. The molecule has 0 saturated carbocycles. The highest BCUT2D eigenvalue weighted by molar-refractivity contribution is 9.10. The Kier molecular flexibility index (Phi) is 3.32. The molecule has 0 fully saturated rings. The minimum atomic E-state index is -0.218. The Morgan fingerprint density at radius 3 is 2.50 bits per heavy atom. The maximum absolute atomic E-state index is 5.61. The fraction of sp³-hybridized carbons (Fsp3) is 0.364. The van der Waals surface area contributed by atoms with Crippen LogP contribution in [0.3, 0.4) is 0 Å². The predicted octanol–water partition coefficient (Wildman–Crippen LogP) is 3.63. The maximum Gasteiger partial charge on any atom is 0.121 e. The molecule has 1 heterocycles. The largest absolute Gasteiger partial charge is 0.488 e. The molecule has 0 aromatic carbocycles. The Bertz CT molecular complexity index is 324. The van der Waals surface area contributed by atoms with E-state index in [4.69, 9.17) is 4.74 Å². The van der Waals surface area contributed by atoms with Crippen LogP contribution < -0.4 is 0 Å². The Balaban J connectivity index is 2.76. The fourth-order valence-corrected chi connectivity index (χ4v) is 1.20. The van der Waals surface area contributed by atoms with Gasteiger partial charge in [0.15, 0.2) is 0 Å². The Morgan fingerprint density at radius 1 is 1.43 bits per heavy atom. The summed E-state index contributed by atoms with van der Waals surface area (Å²) in [7, 11) is 0. The number of hydrogen-bond acceptors (Lipinski definition) is 2. The van der Waals surface area contributed by atoms with Crippen LogP contribution in [-0.4, -0.2) is 10.6 Å². The van der Waals surface area contributed by atoms with Crippen LogP contribution in [0.25, 0.3) is 5.76 Å². The molecule has 0 amide bonds. The first-order chi connectivity index (χ1) is 6.38. The summed E-state index contributed by atoms with van der Waals surface area (Å²) in [5.74, 6) is 0.650. The van der Waals surface area contributed by atoms with Crippen LogP contribution in [0.5, 0.6) is 0 Å². The standard InChI is InChI=1S/C11H14BrNO/c1-8(14-11(2,3)4)9-5-6-10(12)13-7-9/h5-7H,1H2,2-4H3. The Morgan fingerprint density at radius 2 is 2.07 bits per heavy atom. The molecular formula is C11H14BrNO. The first-order valence-corrected chi connectivity index (χ1v) is 5.17. The van der Waals surface area contributed by atoms with E-state index in [1.54, 1.807) is 6.20 Å². The van der Waals surface area contributed by atoms with E-state index in [1.807, 2.05) is 32.9 Å². The fourth-order valence-electron chi connectivity index (χ4n) is 0.969. The lowest BCUT2D eigenvalue weighted by atomic mass is 10.2. The third-order valence-electron chi connectivity index (χ3n) is 1.48. The molecular weight excluding hydrogens is 242 g/mol. The monoisotopic (exact) mass is 255 g/mol. The van der Waals surface area contributed by atoms with Gasteiger partial charge in [-0.2, -0.15) is 0 Å². The maximum atomic E-state index is 5.61. The van der Waals surface area contributed by atoms with Gasteiger partial charge in [-0.1, -0.05) is 6.58 Å². The van der Waals surface area contributed by atoms with Gasteiger partial charge in [0.2, 0.25) is 0 Å². The molecule has 1 rings (SSSR count). The highest BCUT2D eigenvalue weighted by Gasteiger charge is 2.13. The van der Waals surface area contributed by atoms with Gasteiger partial charge in [0, 0.05) is 11.8 Å². The average Bonchev–Trinajstić information content (AvgIpc) is 2.02. The number of ether oxygens (including phenoxy) is 1. The molecule has 3 heteroatoms. The number of pyridine rings is 1. The summed E-state index contributed by atoms with van der Waals surface area (Å²) < 4.78 is 6.42. The molecule has 0 aliphatic heterocycles. The zero-order valence-electron chi connectivity index (χ0n) is 8.67. The molecule has 76 valence electrons. The minimum Gasteiger partial charge on any atom is -0.488 e. The van der Waals surface area contributed by atoms with Crippen LogP contribution in [0, 0.1) is 0 Å². The van der Waals surface area contributed by atoms with Gasteiger partial charge in [-0.15, -0.1) is 0 Å². The summed E-state index contributed by atoms with van der Waals surface area (Å²) in [6, 6.07) is 3.79. The lowest BCUT2D eigenvalue weighted by molar-refractivity contribution is 0.0976. The zero-order chi connectivity index (χ0) is 10.8. The van der Waals surface area contributed by atoms with Gasteiger partial charge >= 0.3 is 0 Å². The van der Waals surface area contributed by atoms with Gasteiger partial charge in [-0.25, -0.2) is 4.98 Å². The van der Waals surface area contributed by atoms with Crippen molar-refractivity contribution in [1.82, 2.24) is 4.98 Å². The second-order valence-corrected chi connectivity index (χ2v) is 4.82. The molecule has 2 nitrogen and oxygen atoms in total. The van der Waals surface area contributed by atoms with E-state index < -0.39 is 0 Å². The summed E-state index contributed by atoms with van der Waals surface area (Å²) in [5.41, 5.74) is 0.688. The molecule has 0 bridgehead atoms. The topological polar surface area (TPSA) is 22.1 Å². The van der Waals surface area contributed by atoms with Gasteiger partial charge < -0.3 is 4.74 Å². The second-order valence-electron chi connectivity index (χ2n) is 4.01. The summed E-state index contributed by atoms with van der Waals surface area (Å²) in [4.78, 5) is 4.11. The molecule has 1 aromatic heterocycles. The molecule has 0 saturated heterocycles. The molecule has 0 atom stereocenters. The van der Waals surface area contributed by atoms with Crippen LogP contribution in [0.2, 0.25) is 0 Å². The van der Waals surface area contributed by atoms with Crippen molar-refractivity contribution in [3.05, 3.63) is 35.1 Å². The van der Waals surface area contributed by atoms with Gasteiger partial charge in [-0.3, -0.25) is 0 Å². The van der Waals surface area contributed by atoms with E-state index in [0.717, 1.165) is 10.2 Å². The third-order valence-corrected chi connectivity index (χ3v) is 1.95. The van der Waals surface area contributed by atoms with E-state index in [1.165, 1.54) is 0 Å². The zero-order valence-corrected chi connectivity index (χ0v) is 10.3. The summed E-state index contributed by atoms with van der Waals surface area (Å²) in [6.45, 7) is 9.83. The van der Waals surface area contributed by atoms with E-state index >= 15 is 0 Å². The number of hydrogen-bond donors (Lipinski definition) is 0. The van der Waals surface area contributed by atoms with Gasteiger partial charge in [0.05, 0.1) is 0 Å². The molecule has 0 spiro atoms. The molecule has 0 N–H and O–H groups in total. The predicted molar refractivity (Wildman–Crippen MR) is 61.8 cm³/mol. The summed E-state index contributed by atoms with van der Waals surface area (Å²) in [6.07, 6.45) is 1.73. The molecule has 14 heavy (non-hydrogen) atoms. The second kappa shape index (κ2) is 4.13. The van der Waals surface area contributed by atoms with Gasteiger partial charge in [0.1, 0.15) is 16.0 Å². The van der Waals surface area contributed by atoms with Crippen LogP contribution in [0.15, 0.2) is 29.5 Å². The van der Waals surface area contributed by atoms with Gasteiger partial charge in [0.25, 0.3) is 0 Å². The number of nitrogens with zero attached hydrogens (tertiary/aromatic N) is 1. The summed E-state index contributed by atoms with van der Waals surface area (Å²) >= 11 is 3.27. The lowest BCUT2D eigenvalue weighted by Gasteiger charge is -2.22. The molecule has 1 aromatic rings. The lowest BCUT2D eigenvalue weighted by Crippen LogP contribution is -2.17. The number of aromatic nitrogens is 1. The number of halogens is 1. The molecule has 0 radical (unpaired) electrons. The van der Waals surface area contributed by atoms with Crippen LogP contribution in [0.1, 0.15) is 26.3 Å². The number of rotatable bonds is 2. The SMILES string of the molecule is C=C(OC(C)(C)C)c1ccc(Br)nc1. The average molecular weight is 256 g/mol. The van der Waals surface area contributed by atoms with E-state index in [9.17, 15) is 0 Å². The highest BCUT2D eigenvalue weighted by atomic mass is 79.9.